The Morgan fingerprint density at radius 2 is 2.00 bits per heavy atom. The van der Waals surface area contributed by atoms with Crippen molar-refractivity contribution in [3.05, 3.63) is 60.1 Å². The van der Waals surface area contributed by atoms with E-state index < -0.39 is 11.7 Å². The van der Waals surface area contributed by atoms with E-state index in [0.29, 0.717) is 34.5 Å². The molecule has 4 aromatic rings. The fourth-order valence-corrected chi connectivity index (χ4v) is 4.42. The van der Waals surface area contributed by atoms with Crippen molar-refractivity contribution in [2.24, 2.45) is 0 Å². The van der Waals surface area contributed by atoms with E-state index in [1.807, 2.05) is 12.1 Å². The largest absolute Gasteiger partial charge is 0.353 e. The van der Waals surface area contributed by atoms with Crippen molar-refractivity contribution in [3.8, 4) is 0 Å². The first-order valence-electron chi connectivity index (χ1n) is 10.6. The fourth-order valence-electron chi connectivity index (χ4n) is 4.42. The van der Waals surface area contributed by atoms with Crippen LogP contribution in [0.3, 0.4) is 0 Å². The summed E-state index contributed by atoms with van der Waals surface area (Å²) in [6, 6.07) is 5.69. The topological polar surface area (TPSA) is 87.5 Å². The molecule has 0 radical (unpaired) electrons. The van der Waals surface area contributed by atoms with Crippen LogP contribution in [0.25, 0.3) is 16.6 Å². The summed E-state index contributed by atoms with van der Waals surface area (Å²) in [7, 11) is 0. The molecule has 1 saturated heterocycles. The molecule has 9 heteroatoms. The van der Waals surface area contributed by atoms with Gasteiger partial charge >= 0.3 is 0 Å². The van der Waals surface area contributed by atoms with Gasteiger partial charge in [0.05, 0.1) is 22.5 Å². The molecule has 32 heavy (non-hydrogen) atoms. The van der Waals surface area contributed by atoms with Crippen molar-refractivity contribution in [2.75, 3.05) is 23.3 Å². The summed E-state index contributed by atoms with van der Waals surface area (Å²) in [6.45, 7) is 7.70. The molecule has 1 amide bonds. The Balaban J connectivity index is 1.50. The van der Waals surface area contributed by atoms with Gasteiger partial charge in [0.2, 0.25) is 0 Å². The first-order valence-corrected chi connectivity index (χ1v) is 10.6. The number of hydrogen-bond acceptors (Lipinski definition) is 6. The standard InChI is InChI=1S/C23H24FN7O/c1-13-9-30(10-14(2)27-13)21-17-5-4-6-25-20(17)18(8-26-21)23(32)29-16-7-19(24)22-28-15(3)11-31(22)12-16/h4-8,11-14,27H,9-10H2,1-3H3,(H,29,32)/t13-,14+. The number of rotatable bonds is 3. The minimum absolute atomic E-state index is 0.220. The normalized spacial score (nSPS) is 18.9. The summed E-state index contributed by atoms with van der Waals surface area (Å²) in [5.41, 5.74) is 2.14. The van der Waals surface area contributed by atoms with E-state index in [-0.39, 0.29) is 5.65 Å². The van der Waals surface area contributed by atoms with E-state index in [0.717, 1.165) is 24.3 Å². The van der Waals surface area contributed by atoms with Crippen molar-refractivity contribution < 1.29 is 9.18 Å². The van der Waals surface area contributed by atoms with Crippen molar-refractivity contribution in [3.63, 3.8) is 0 Å². The predicted molar refractivity (Wildman–Crippen MR) is 122 cm³/mol. The number of nitrogens with zero attached hydrogens (tertiary/aromatic N) is 5. The van der Waals surface area contributed by atoms with Crippen LogP contribution in [0.4, 0.5) is 15.9 Å². The van der Waals surface area contributed by atoms with Crippen LogP contribution in [0, 0.1) is 12.7 Å². The van der Waals surface area contributed by atoms with Crippen LogP contribution in [0.5, 0.6) is 0 Å². The van der Waals surface area contributed by atoms with Crippen LogP contribution in [0.2, 0.25) is 0 Å². The van der Waals surface area contributed by atoms with E-state index >= 15 is 0 Å². The third kappa shape index (κ3) is 3.64. The minimum Gasteiger partial charge on any atom is -0.353 e. The van der Waals surface area contributed by atoms with Gasteiger partial charge in [0.1, 0.15) is 5.82 Å². The highest BCUT2D eigenvalue weighted by Gasteiger charge is 2.25. The van der Waals surface area contributed by atoms with Gasteiger partial charge in [0, 0.05) is 61.4 Å². The molecule has 0 aliphatic carbocycles. The smallest absolute Gasteiger partial charge is 0.259 e. The van der Waals surface area contributed by atoms with Gasteiger partial charge in [-0.05, 0) is 32.9 Å². The maximum absolute atomic E-state index is 14.4. The molecule has 0 unspecified atom stereocenters. The number of imidazole rings is 1. The Morgan fingerprint density at radius 1 is 1.22 bits per heavy atom. The maximum atomic E-state index is 14.4. The van der Waals surface area contributed by atoms with Crippen molar-refractivity contribution >= 4 is 34.0 Å². The maximum Gasteiger partial charge on any atom is 0.259 e. The number of pyridine rings is 3. The van der Waals surface area contributed by atoms with Gasteiger partial charge in [-0.2, -0.15) is 0 Å². The summed E-state index contributed by atoms with van der Waals surface area (Å²) < 4.78 is 16.0. The highest BCUT2D eigenvalue weighted by atomic mass is 19.1. The Morgan fingerprint density at radius 3 is 2.78 bits per heavy atom. The predicted octanol–water partition coefficient (Wildman–Crippen LogP) is 3.16. The Labute approximate surface area is 184 Å². The lowest BCUT2D eigenvalue weighted by Gasteiger charge is -2.37. The van der Waals surface area contributed by atoms with E-state index in [1.165, 1.54) is 6.07 Å². The van der Waals surface area contributed by atoms with Gasteiger partial charge in [0.15, 0.2) is 11.5 Å². The zero-order valence-corrected chi connectivity index (χ0v) is 18.1. The molecule has 8 nitrogen and oxygen atoms in total. The average Bonchev–Trinajstić information content (AvgIpc) is 3.13. The monoisotopic (exact) mass is 433 g/mol. The summed E-state index contributed by atoms with van der Waals surface area (Å²) >= 11 is 0. The molecule has 2 atom stereocenters. The molecule has 164 valence electrons. The van der Waals surface area contributed by atoms with Crippen molar-refractivity contribution in [1.29, 1.82) is 0 Å². The molecule has 5 rings (SSSR count). The number of aromatic nitrogens is 4. The van der Waals surface area contributed by atoms with Gasteiger partial charge in [-0.3, -0.25) is 9.78 Å². The van der Waals surface area contributed by atoms with E-state index in [2.05, 4.69) is 44.3 Å². The van der Waals surface area contributed by atoms with Gasteiger partial charge < -0.3 is 19.9 Å². The number of piperazine rings is 1. The zero-order chi connectivity index (χ0) is 22.4. The number of hydrogen-bond donors (Lipinski definition) is 2. The number of nitrogens with one attached hydrogen (secondary N) is 2. The number of halogens is 1. The third-order valence-corrected chi connectivity index (χ3v) is 5.61. The molecule has 2 N–H and O–H groups in total. The summed E-state index contributed by atoms with van der Waals surface area (Å²) in [6.07, 6.45) is 6.55. The van der Waals surface area contributed by atoms with Crippen molar-refractivity contribution in [1.82, 2.24) is 24.7 Å². The first kappa shape index (κ1) is 20.3. The number of amides is 1. The second-order valence-electron chi connectivity index (χ2n) is 8.41. The van der Waals surface area contributed by atoms with Gasteiger partial charge in [-0.15, -0.1) is 0 Å². The second kappa shape index (κ2) is 7.83. The average molecular weight is 433 g/mol. The molecular formula is C23H24FN7O. The second-order valence-corrected chi connectivity index (χ2v) is 8.41. The SMILES string of the molecule is Cc1cn2cc(NC(=O)c3cnc(N4C[C@@H](C)N[C@@H](C)C4)c4cccnc34)cc(F)c2n1. The van der Waals surface area contributed by atoms with Gasteiger partial charge in [-0.25, -0.2) is 14.4 Å². The van der Waals surface area contributed by atoms with Gasteiger partial charge in [0.25, 0.3) is 5.91 Å². The number of carbonyl (C=O) groups excluding carboxylic acids is 1. The Kier molecular flexibility index (Phi) is 4.97. The van der Waals surface area contributed by atoms with E-state index in [4.69, 9.17) is 0 Å². The molecule has 1 aliphatic heterocycles. The molecule has 0 aromatic carbocycles. The quantitative estimate of drug-likeness (QED) is 0.516. The van der Waals surface area contributed by atoms with Crippen molar-refractivity contribution in [2.45, 2.75) is 32.9 Å². The molecule has 5 heterocycles. The molecule has 1 aliphatic rings. The lowest BCUT2D eigenvalue weighted by molar-refractivity contribution is 0.102. The molecule has 0 bridgehead atoms. The number of aryl methyl sites for hydroxylation is 1. The van der Waals surface area contributed by atoms with Gasteiger partial charge in [-0.1, -0.05) is 0 Å². The first-order chi connectivity index (χ1) is 15.4. The Hall–Kier alpha value is -3.59. The summed E-state index contributed by atoms with van der Waals surface area (Å²) in [4.78, 5) is 28.6. The van der Waals surface area contributed by atoms with E-state index in [9.17, 15) is 9.18 Å². The third-order valence-electron chi connectivity index (χ3n) is 5.61. The summed E-state index contributed by atoms with van der Waals surface area (Å²) in [5, 5.41) is 7.10. The fraction of sp³-hybridized carbons (Fsp3) is 0.304. The zero-order valence-electron chi connectivity index (χ0n) is 18.1. The lowest BCUT2D eigenvalue weighted by atomic mass is 10.1. The molecular weight excluding hydrogens is 409 g/mol. The number of carbonyl (C=O) groups is 1. The minimum atomic E-state index is -0.505. The van der Waals surface area contributed by atoms with Crippen LogP contribution in [-0.2, 0) is 0 Å². The summed E-state index contributed by atoms with van der Waals surface area (Å²) in [5.74, 6) is -0.0918. The van der Waals surface area contributed by atoms with E-state index in [1.54, 1.807) is 36.1 Å². The van der Waals surface area contributed by atoms with Crippen LogP contribution in [0.1, 0.15) is 29.9 Å². The molecule has 4 aromatic heterocycles. The number of fused-ring (bicyclic) bond motifs is 2. The molecule has 0 saturated carbocycles. The highest BCUT2D eigenvalue weighted by molar-refractivity contribution is 6.13. The highest BCUT2D eigenvalue weighted by Crippen LogP contribution is 2.28. The van der Waals surface area contributed by atoms with Crippen LogP contribution >= 0.6 is 0 Å². The van der Waals surface area contributed by atoms with Crippen LogP contribution in [0.15, 0.2) is 43.0 Å². The molecule has 1 fully saturated rings. The lowest BCUT2D eigenvalue weighted by Crippen LogP contribution is -2.54. The number of anilines is 2. The molecule has 0 spiro atoms. The Bertz CT molecular complexity index is 1320. The van der Waals surface area contributed by atoms with Crippen LogP contribution in [-0.4, -0.2) is 50.4 Å². The van der Waals surface area contributed by atoms with Crippen LogP contribution < -0.4 is 15.5 Å².